The van der Waals surface area contributed by atoms with Gasteiger partial charge in [0.15, 0.2) is 0 Å². The van der Waals surface area contributed by atoms with Crippen LogP contribution in [-0.2, 0) is 6.42 Å². The van der Waals surface area contributed by atoms with E-state index in [-0.39, 0.29) is 5.91 Å². The first-order chi connectivity index (χ1) is 10.2. The maximum atomic E-state index is 12.1. The maximum absolute atomic E-state index is 12.1. The molecule has 0 atom stereocenters. The van der Waals surface area contributed by atoms with Gasteiger partial charge in [0.05, 0.1) is 4.88 Å². The van der Waals surface area contributed by atoms with Crippen LogP contribution in [0.2, 0.25) is 0 Å². The molecule has 0 aliphatic carbocycles. The van der Waals surface area contributed by atoms with Gasteiger partial charge in [0, 0.05) is 6.42 Å². The lowest BCUT2D eigenvalue weighted by Crippen LogP contribution is -2.10. The number of amides is 1. The normalized spacial score (nSPS) is 10.5. The zero-order valence-electron chi connectivity index (χ0n) is 11.4. The second-order valence-electron chi connectivity index (χ2n) is 4.55. The van der Waals surface area contributed by atoms with Crippen LogP contribution in [0.4, 0.5) is 5.13 Å². The fourth-order valence-corrected chi connectivity index (χ4v) is 3.49. The van der Waals surface area contributed by atoms with Crippen LogP contribution in [0, 0.1) is 6.92 Å². The van der Waals surface area contributed by atoms with Crippen LogP contribution >= 0.6 is 22.7 Å². The Morgan fingerprint density at radius 1 is 1.19 bits per heavy atom. The van der Waals surface area contributed by atoms with Crippen molar-refractivity contribution < 1.29 is 4.79 Å². The number of carbonyl (C=O) groups is 1. The molecule has 2 aromatic heterocycles. The van der Waals surface area contributed by atoms with E-state index in [0.717, 1.165) is 21.9 Å². The van der Waals surface area contributed by atoms with Crippen LogP contribution in [0.5, 0.6) is 0 Å². The number of hydrogen-bond acceptors (Lipinski definition) is 5. The molecule has 0 radical (unpaired) electrons. The van der Waals surface area contributed by atoms with Gasteiger partial charge in [-0.1, -0.05) is 41.7 Å². The van der Waals surface area contributed by atoms with Gasteiger partial charge in [-0.25, -0.2) is 0 Å². The second-order valence-corrected chi connectivity index (χ2v) is 6.53. The molecule has 106 valence electrons. The molecular formula is C15H13N3OS2. The summed E-state index contributed by atoms with van der Waals surface area (Å²) in [4.78, 5) is 12.8. The number of aromatic nitrogens is 2. The predicted molar refractivity (Wildman–Crippen MR) is 86.2 cm³/mol. The van der Waals surface area contributed by atoms with Gasteiger partial charge in [-0.05, 0) is 29.5 Å². The number of nitrogens with one attached hydrogen (secondary N) is 1. The fourth-order valence-electron chi connectivity index (χ4n) is 1.91. The number of anilines is 1. The Bertz CT molecular complexity index is 749. The molecule has 0 spiro atoms. The van der Waals surface area contributed by atoms with Gasteiger partial charge >= 0.3 is 0 Å². The summed E-state index contributed by atoms with van der Waals surface area (Å²) < 4.78 is 0. The average molecular weight is 315 g/mol. The van der Waals surface area contributed by atoms with Gasteiger partial charge in [0.25, 0.3) is 5.91 Å². The molecule has 6 heteroatoms. The first kappa shape index (κ1) is 13.9. The van der Waals surface area contributed by atoms with Crippen molar-refractivity contribution >= 4 is 33.7 Å². The summed E-state index contributed by atoms with van der Waals surface area (Å²) in [5.41, 5.74) is 2.16. The van der Waals surface area contributed by atoms with Crippen molar-refractivity contribution in [2.45, 2.75) is 13.3 Å². The number of benzene rings is 1. The first-order valence-electron chi connectivity index (χ1n) is 6.44. The molecule has 0 aliphatic rings. The van der Waals surface area contributed by atoms with Crippen molar-refractivity contribution in [2.24, 2.45) is 0 Å². The smallest absolute Gasteiger partial charge is 0.267 e. The maximum Gasteiger partial charge on any atom is 0.267 e. The van der Waals surface area contributed by atoms with Crippen molar-refractivity contribution in [2.75, 3.05) is 5.32 Å². The number of hydrogen-bond donors (Lipinski definition) is 1. The molecule has 0 fully saturated rings. The molecule has 21 heavy (non-hydrogen) atoms. The van der Waals surface area contributed by atoms with Crippen molar-refractivity contribution in [1.82, 2.24) is 10.2 Å². The topological polar surface area (TPSA) is 54.9 Å². The van der Waals surface area contributed by atoms with Gasteiger partial charge in [-0.2, -0.15) is 0 Å². The van der Waals surface area contributed by atoms with Crippen molar-refractivity contribution in [1.29, 1.82) is 0 Å². The Morgan fingerprint density at radius 3 is 2.71 bits per heavy atom. The summed E-state index contributed by atoms with van der Waals surface area (Å²) >= 11 is 2.84. The number of carbonyl (C=O) groups excluding carboxylic acids is 1. The first-order valence-corrected chi connectivity index (χ1v) is 8.14. The number of rotatable bonds is 4. The molecule has 0 bridgehead atoms. The zero-order valence-corrected chi connectivity index (χ0v) is 13.0. The lowest BCUT2D eigenvalue weighted by atomic mass is 10.2. The highest BCUT2D eigenvalue weighted by Gasteiger charge is 2.13. The number of aryl methyl sites for hydroxylation is 1. The van der Waals surface area contributed by atoms with Gasteiger partial charge < -0.3 is 0 Å². The molecule has 0 unspecified atom stereocenters. The third-order valence-corrected chi connectivity index (χ3v) is 4.81. The van der Waals surface area contributed by atoms with E-state index < -0.39 is 0 Å². The van der Waals surface area contributed by atoms with Crippen LogP contribution in [0.3, 0.4) is 0 Å². The van der Waals surface area contributed by atoms with Crippen molar-refractivity contribution in [3.05, 3.63) is 62.8 Å². The second kappa shape index (κ2) is 6.15. The monoisotopic (exact) mass is 315 g/mol. The van der Waals surface area contributed by atoms with Crippen LogP contribution in [0.15, 0.2) is 41.8 Å². The fraction of sp³-hybridized carbons (Fsp3) is 0.133. The van der Waals surface area contributed by atoms with Gasteiger partial charge in [-0.3, -0.25) is 10.1 Å². The summed E-state index contributed by atoms with van der Waals surface area (Å²) in [5.74, 6) is -0.120. The zero-order chi connectivity index (χ0) is 14.7. The molecule has 2 heterocycles. The highest BCUT2D eigenvalue weighted by atomic mass is 32.1. The third kappa shape index (κ3) is 3.34. The molecule has 1 aromatic carbocycles. The highest BCUT2D eigenvalue weighted by Crippen LogP contribution is 2.21. The minimum Gasteiger partial charge on any atom is -0.296 e. The largest absolute Gasteiger partial charge is 0.296 e. The van der Waals surface area contributed by atoms with E-state index in [2.05, 4.69) is 27.6 Å². The summed E-state index contributed by atoms with van der Waals surface area (Å²) in [6, 6.07) is 12.0. The highest BCUT2D eigenvalue weighted by molar-refractivity contribution is 7.15. The number of thiophene rings is 1. The SMILES string of the molecule is Cc1ccsc1C(=O)Nc1nnc(Cc2ccccc2)s1. The minimum absolute atomic E-state index is 0.120. The van der Waals surface area contributed by atoms with E-state index >= 15 is 0 Å². The Balaban J connectivity index is 1.68. The Morgan fingerprint density at radius 2 is 2.00 bits per heavy atom. The third-order valence-electron chi connectivity index (χ3n) is 2.95. The van der Waals surface area contributed by atoms with Crippen LogP contribution in [0.25, 0.3) is 0 Å². The average Bonchev–Trinajstić information content (AvgIpc) is 3.09. The van der Waals surface area contributed by atoms with Gasteiger partial charge in [-0.15, -0.1) is 21.5 Å². The van der Waals surface area contributed by atoms with E-state index in [0.29, 0.717) is 5.13 Å². The van der Waals surface area contributed by atoms with E-state index in [9.17, 15) is 4.79 Å². The van der Waals surface area contributed by atoms with Crippen LogP contribution in [-0.4, -0.2) is 16.1 Å². The molecule has 3 rings (SSSR count). The molecule has 4 nitrogen and oxygen atoms in total. The van der Waals surface area contributed by atoms with E-state index in [1.807, 2.05) is 36.6 Å². The number of nitrogens with zero attached hydrogens (tertiary/aromatic N) is 2. The predicted octanol–water partition coefficient (Wildman–Crippen LogP) is 3.75. The Kier molecular flexibility index (Phi) is 4.08. The van der Waals surface area contributed by atoms with Gasteiger partial charge in [0.1, 0.15) is 5.01 Å². The lowest BCUT2D eigenvalue weighted by molar-refractivity contribution is 0.103. The summed E-state index contributed by atoms with van der Waals surface area (Å²) in [7, 11) is 0. The molecule has 1 N–H and O–H groups in total. The quantitative estimate of drug-likeness (QED) is 0.797. The Labute approximate surface area is 130 Å². The molecule has 0 saturated carbocycles. The summed E-state index contributed by atoms with van der Waals surface area (Å²) in [6.07, 6.45) is 0.729. The minimum atomic E-state index is -0.120. The van der Waals surface area contributed by atoms with E-state index in [1.165, 1.54) is 28.2 Å². The molecule has 0 saturated heterocycles. The molecule has 1 amide bonds. The molecular weight excluding hydrogens is 302 g/mol. The molecule has 0 aliphatic heterocycles. The Hall–Kier alpha value is -2.05. The lowest BCUT2D eigenvalue weighted by Gasteiger charge is -1.99. The van der Waals surface area contributed by atoms with Gasteiger partial charge in [0.2, 0.25) is 5.13 Å². The molecule has 3 aromatic rings. The van der Waals surface area contributed by atoms with Crippen molar-refractivity contribution in [3.63, 3.8) is 0 Å². The summed E-state index contributed by atoms with van der Waals surface area (Å²) in [5, 5.41) is 14.3. The standard InChI is InChI=1S/C15H13N3OS2/c1-10-7-8-20-13(10)14(19)16-15-18-17-12(21-15)9-11-5-3-2-4-6-11/h2-8H,9H2,1H3,(H,16,18,19). The van der Waals surface area contributed by atoms with Crippen molar-refractivity contribution in [3.8, 4) is 0 Å². The summed E-state index contributed by atoms with van der Waals surface area (Å²) in [6.45, 7) is 1.92. The van der Waals surface area contributed by atoms with Crippen LogP contribution in [0.1, 0.15) is 25.8 Å². The van der Waals surface area contributed by atoms with E-state index in [1.54, 1.807) is 0 Å². The van der Waals surface area contributed by atoms with Crippen LogP contribution < -0.4 is 5.32 Å². The van der Waals surface area contributed by atoms with E-state index in [4.69, 9.17) is 0 Å².